The first-order valence-corrected chi connectivity index (χ1v) is 9.80. The fourth-order valence-corrected chi connectivity index (χ4v) is 5.83. The maximum absolute atomic E-state index is 14.4. The summed E-state index contributed by atoms with van der Waals surface area (Å²) in [5.41, 5.74) is 0.699. The first-order chi connectivity index (χ1) is 12.6. The molecule has 2 heterocycles. The zero-order chi connectivity index (χ0) is 17.8. The molecule has 4 unspecified atom stereocenters. The van der Waals surface area contributed by atoms with E-state index in [4.69, 9.17) is 14.2 Å². The van der Waals surface area contributed by atoms with Crippen LogP contribution < -0.4 is 4.74 Å². The molecule has 0 radical (unpaired) electrons. The molecule has 5 rings (SSSR count). The lowest BCUT2D eigenvalue weighted by atomic mass is 9.60. The topological polar surface area (TPSA) is 44.8 Å². The molecule has 2 aliphatic carbocycles. The van der Waals surface area contributed by atoms with Gasteiger partial charge in [0, 0.05) is 29.7 Å². The second-order valence-electron chi connectivity index (χ2n) is 8.45. The highest BCUT2D eigenvalue weighted by Crippen LogP contribution is 2.86. The lowest BCUT2D eigenvalue weighted by Gasteiger charge is -2.48. The summed E-state index contributed by atoms with van der Waals surface area (Å²) < 4.78 is 32.2. The Morgan fingerprint density at radius 3 is 2.92 bits per heavy atom. The van der Waals surface area contributed by atoms with Crippen molar-refractivity contribution in [2.75, 3.05) is 13.2 Å². The van der Waals surface area contributed by atoms with Crippen LogP contribution in [-0.4, -0.2) is 25.8 Å². The van der Waals surface area contributed by atoms with Crippen LogP contribution in [0.1, 0.15) is 56.9 Å². The number of hydrogen-bond donors (Lipinski definition) is 0. The van der Waals surface area contributed by atoms with E-state index in [2.05, 4.69) is 0 Å². The van der Waals surface area contributed by atoms with Gasteiger partial charge in [-0.25, -0.2) is 4.39 Å². The monoisotopic (exact) mass is 360 g/mol. The van der Waals surface area contributed by atoms with Crippen LogP contribution in [0.3, 0.4) is 0 Å². The standard InChI is InChI=1S/C21H25FO4/c22-16-10-15(11-17(12-16)26-18-4-1-2-9-24-18)21-7-6-20(21)13-19(20,14-25-21)5-3-8-23/h8,10-12,18H,1-7,9,13-14H2. The Hall–Kier alpha value is -1.46. The third-order valence-electron chi connectivity index (χ3n) is 7.29. The summed E-state index contributed by atoms with van der Waals surface area (Å²) in [6, 6.07) is 4.98. The lowest BCUT2D eigenvalue weighted by Crippen LogP contribution is -2.46. The summed E-state index contributed by atoms with van der Waals surface area (Å²) in [6.45, 7) is 1.38. The minimum atomic E-state index is -0.399. The maximum Gasteiger partial charge on any atom is 0.199 e. The van der Waals surface area contributed by atoms with Gasteiger partial charge in [-0.05, 0) is 56.2 Å². The van der Waals surface area contributed by atoms with Gasteiger partial charge in [0.2, 0.25) is 0 Å². The number of benzene rings is 1. The molecule has 140 valence electrons. The van der Waals surface area contributed by atoms with Gasteiger partial charge in [0.25, 0.3) is 0 Å². The van der Waals surface area contributed by atoms with Crippen LogP contribution in [0.4, 0.5) is 4.39 Å². The van der Waals surface area contributed by atoms with E-state index in [1.807, 2.05) is 6.07 Å². The van der Waals surface area contributed by atoms with Gasteiger partial charge in [-0.1, -0.05) is 0 Å². The molecule has 4 atom stereocenters. The average molecular weight is 360 g/mol. The molecule has 0 aromatic heterocycles. The molecule has 4 nitrogen and oxygen atoms in total. The smallest absolute Gasteiger partial charge is 0.199 e. The van der Waals surface area contributed by atoms with Crippen LogP contribution in [0.5, 0.6) is 5.75 Å². The Bertz CT molecular complexity index is 727. The molecule has 1 aromatic rings. The Morgan fingerprint density at radius 1 is 1.27 bits per heavy atom. The number of ether oxygens (including phenoxy) is 3. The zero-order valence-corrected chi connectivity index (χ0v) is 15.0. The highest BCUT2D eigenvalue weighted by atomic mass is 19.1. The first kappa shape index (κ1) is 16.7. The van der Waals surface area contributed by atoms with Crippen molar-refractivity contribution in [3.05, 3.63) is 29.6 Å². The van der Waals surface area contributed by atoms with Crippen molar-refractivity contribution in [1.82, 2.24) is 0 Å². The predicted octanol–water partition coefficient (Wildman–Crippen LogP) is 4.11. The normalized spacial score (nSPS) is 40.3. The van der Waals surface area contributed by atoms with Crippen molar-refractivity contribution in [3.63, 3.8) is 0 Å². The number of carbonyl (C=O) groups excluding carboxylic acids is 1. The minimum Gasteiger partial charge on any atom is -0.465 e. The van der Waals surface area contributed by atoms with Crippen LogP contribution in [-0.2, 0) is 19.9 Å². The van der Waals surface area contributed by atoms with Crippen molar-refractivity contribution >= 4 is 6.29 Å². The predicted molar refractivity (Wildman–Crippen MR) is 92.3 cm³/mol. The molecule has 0 amide bonds. The number of hydrogen-bond acceptors (Lipinski definition) is 4. The summed E-state index contributed by atoms with van der Waals surface area (Å²) in [7, 11) is 0. The largest absolute Gasteiger partial charge is 0.465 e. The molecule has 1 aromatic carbocycles. The molecule has 4 aliphatic rings. The van der Waals surface area contributed by atoms with E-state index < -0.39 is 5.60 Å². The quantitative estimate of drug-likeness (QED) is 0.717. The second-order valence-corrected chi connectivity index (χ2v) is 8.45. The van der Waals surface area contributed by atoms with Crippen molar-refractivity contribution in [1.29, 1.82) is 0 Å². The SMILES string of the molecule is O=CCCC12COC3(c4cc(F)cc(OC5CCCCO5)c4)CCC13C2. The summed E-state index contributed by atoms with van der Waals surface area (Å²) in [4.78, 5) is 10.8. The number of aldehydes is 1. The summed E-state index contributed by atoms with van der Waals surface area (Å²) >= 11 is 0. The van der Waals surface area contributed by atoms with Gasteiger partial charge < -0.3 is 19.0 Å². The molecule has 2 aliphatic heterocycles. The van der Waals surface area contributed by atoms with Crippen LogP contribution in [0.25, 0.3) is 0 Å². The maximum atomic E-state index is 14.4. The lowest BCUT2D eigenvalue weighted by molar-refractivity contribution is -0.126. The number of rotatable bonds is 6. The van der Waals surface area contributed by atoms with E-state index in [9.17, 15) is 9.18 Å². The highest BCUT2D eigenvalue weighted by molar-refractivity contribution is 5.51. The van der Waals surface area contributed by atoms with Gasteiger partial charge in [-0.15, -0.1) is 0 Å². The van der Waals surface area contributed by atoms with E-state index in [1.54, 1.807) is 6.07 Å². The molecule has 0 bridgehead atoms. The van der Waals surface area contributed by atoms with Crippen LogP contribution in [0.15, 0.2) is 18.2 Å². The molecular formula is C21H25FO4. The van der Waals surface area contributed by atoms with E-state index in [0.717, 1.165) is 56.8 Å². The molecule has 4 fully saturated rings. The summed E-state index contributed by atoms with van der Waals surface area (Å²) in [5, 5.41) is 0. The molecule has 26 heavy (non-hydrogen) atoms. The molecule has 0 N–H and O–H groups in total. The molecule has 5 heteroatoms. The molecular weight excluding hydrogens is 335 g/mol. The van der Waals surface area contributed by atoms with Gasteiger partial charge in [0.15, 0.2) is 6.29 Å². The van der Waals surface area contributed by atoms with Crippen molar-refractivity contribution in [2.24, 2.45) is 10.8 Å². The Labute approximate surface area is 153 Å². The van der Waals surface area contributed by atoms with Gasteiger partial charge in [0.05, 0.1) is 18.8 Å². The average Bonchev–Trinajstić information content (AvgIpc) is 3.27. The Kier molecular flexibility index (Phi) is 3.70. The van der Waals surface area contributed by atoms with Gasteiger partial charge in [-0.3, -0.25) is 0 Å². The molecule has 2 saturated carbocycles. The zero-order valence-electron chi connectivity index (χ0n) is 15.0. The Balaban J connectivity index is 1.41. The molecule has 1 spiro atoms. The van der Waals surface area contributed by atoms with E-state index in [-0.39, 0.29) is 22.9 Å². The third kappa shape index (κ3) is 2.16. The minimum absolute atomic E-state index is 0.0927. The van der Waals surface area contributed by atoms with E-state index >= 15 is 0 Å². The Morgan fingerprint density at radius 2 is 2.19 bits per heavy atom. The van der Waals surface area contributed by atoms with Gasteiger partial charge >= 0.3 is 0 Å². The van der Waals surface area contributed by atoms with E-state index in [0.29, 0.717) is 25.4 Å². The number of halogens is 1. The van der Waals surface area contributed by atoms with Crippen LogP contribution in [0, 0.1) is 16.6 Å². The second kappa shape index (κ2) is 5.77. The van der Waals surface area contributed by atoms with E-state index in [1.165, 1.54) is 6.07 Å². The summed E-state index contributed by atoms with van der Waals surface area (Å²) in [6.07, 6.45) is 8.24. The van der Waals surface area contributed by atoms with Crippen molar-refractivity contribution in [3.8, 4) is 5.75 Å². The first-order valence-electron chi connectivity index (χ1n) is 9.80. The van der Waals surface area contributed by atoms with Crippen molar-refractivity contribution in [2.45, 2.75) is 63.3 Å². The van der Waals surface area contributed by atoms with Gasteiger partial charge in [-0.2, -0.15) is 0 Å². The highest BCUT2D eigenvalue weighted by Gasteiger charge is 2.84. The summed E-state index contributed by atoms with van der Waals surface area (Å²) in [5.74, 6) is 0.234. The van der Waals surface area contributed by atoms with Crippen LogP contribution in [0.2, 0.25) is 0 Å². The fourth-order valence-electron chi connectivity index (χ4n) is 5.83. The van der Waals surface area contributed by atoms with Crippen molar-refractivity contribution < 1.29 is 23.4 Å². The fraction of sp³-hybridized carbons (Fsp3) is 0.667. The number of carbonyl (C=O) groups is 1. The van der Waals surface area contributed by atoms with Crippen LogP contribution >= 0.6 is 0 Å². The van der Waals surface area contributed by atoms with Gasteiger partial charge in [0.1, 0.15) is 17.9 Å². The third-order valence-corrected chi connectivity index (χ3v) is 7.29. The molecule has 2 saturated heterocycles.